The zero-order valence-corrected chi connectivity index (χ0v) is 9.32. The molecule has 1 aliphatic carbocycles. The van der Waals surface area contributed by atoms with Crippen LogP contribution in [0.5, 0.6) is 0 Å². The minimum atomic E-state index is -1.06. The predicted molar refractivity (Wildman–Crippen MR) is 56.4 cm³/mol. The van der Waals surface area contributed by atoms with Gasteiger partial charge in [0.1, 0.15) is 6.42 Å². The third kappa shape index (κ3) is 3.22. The van der Waals surface area contributed by atoms with Crippen molar-refractivity contribution in [2.75, 3.05) is 0 Å². The van der Waals surface area contributed by atoms with Crippen molar-refractivity contribution < 1.29 is 14.7 Å². The van der Waals surface area contributed by atoms with Crippen LogP contribution in [0.2, 0.25) is 0 Å². The van der Waals surface area contributed by atoms with Gasteiger partial charge in [0.05, 0.1) is 0 Å². The summed E-state index contributed by atoms with van der Waals surface area (Å²) < 4.78 is 0. The summed E-state index contributed by atoms with van der Waals surface area (Å²) in [5.41, 5.74) is 0. The topological polar surface area (TPSA) is 66.4 Å². The van der Waals surface area contributed by atoms with Crippen LogP contribution in [0.1, 0.15) is 39.5 Å². The van der Waals surface area contributed by atoms with Gasteiger partial charge in [-0.2, -0.15) is 0 Å². The van der Waals surface area contributed by atoms with Crippen LogP contribution in [0.4, 0.5) is 0 Å². The molecular formula is C11H19NO3. The SMILES string of the molecule is CCC1CCC(NC(=O)CC(=O)O)C1C. The van der Waals surface area contributed by atoms with Gasteiger partial charge >= 0.3 is 5.97 Å². The van der Waals surface area contributed by atoms with E-state index in [-0.39, 0.29) is 11.9 Å². The van der Waals surface area contributed by atoms with Crippen molar-refractivity contribution in [3.63, 3.8) is 0 Å². The lowest BCUT2D eigenvalue weighted by Crippen LogP contribution is -2.38. The number of carboxylic acid groups (broad SMARTS) is 1. The second-order valence-electron chi connectivity index (χ2n) is 4.35. The molecule has 3 atom stereocenters. The summed E-state index contributed by atoms with van der Waals surface area (Å²) in [7, 11) is 0. The monoisotopic (exact) mass is 213 g/mol. The fourth-order valence-electron chi connectivity index (χ4n) is 2.42. The molecular weight excluding hydrogens is 194 g/mol. The molecule has 3 unspecified atom stereocenters. The average molecular weight is 213 g/mol. The summed E-state index contributed by atoms with van der Waals surface area (Å²) in [6.45, 7) is 4.29. The van der Waals surface area contributed by atoms with Crippen molar-refractivity contribution in [2.45, 2.75) is 45.6 Å². The Kier molecular flexibility index (Phi) is 4.12. The lowest BCUT2D eigenvalue weighted by Gasteiger charge is -2.20. The standard InChI is InChI=1S/C11H19NO3/c1-3-8-4-5-9(7(8)2)12-10(13)6-11(14)15/h7-9H,3-6H2,1-2H3,(H,12,13)(H,14,15). The van der Waals surface area contributed by atoms with E-state index < -0.39 is 12.4 Å². The van der Waals surface area contributed by atoms with Crippen LogP contribution < -0.4 is 5.32 Å². The summed E-state index contributed by atoms with van der Waals surface area (Å²) >= 11 is 0. The van der Waals surface area contributed by atoms with E-state index in [2.05, 4.69) is 19.2 Å². The zero-order valence-electron chi connectivity index (χ0n) is 9.32. The molecule has 1 rings (SSSR count). The summed E-state index contributed by atoms with van der Waals surface area (Å²) in [5.74, 6) is -0.297. The Balaban J connectivity index is 2.40. The van der Waals surface area contributed by atoms with Crippen molar-refractivity contribution in [3.05, 3.63) is 0 Å². The van der Waals surface area contributed by atoms with Crippen LogP contribution in [0.3, 0.4) is 0 Å². The smallest absolute Gasteiger partial charge is 0.312 e. The Morgan fingerprint density at radius 1 is 1.40 bits per heavy atom. The number of hydrogen-bond acceptors (Lipinski definition) is 2. The number of carbonyl (C=O) groups is 2. The van der Waals surface area contributed by atoms with E-state index in [0.717, 1.165) is 19.3 Å². The Hall–Kier alpha value is -1.06. The van der Waals surface area contributed by atoms with Gasteiger partial charge < -0.3 is 10.4 Å². The van der Waals surface area contributed by atoms with Crippen molar-refractivity contribution >= 4 is 11.9 Å². The third-order valence-corrected chi connectivity index (χ3v) is 3.41. The van der Waals surface area contributed by atoms with Gasteiger partial charge in [0, 0.05) is 6.04 Å². The fraction of sp³-hybridized carbons (Fsp3) is 0.818. The van der Waals surface area contributed by atoms with E-state index in [1.165, 1.54) is 0 Å². The van der Waals surface area contributed by atoms with Crippen molar-refractivity contribution in [1.82, 2.24) is 5.32 Å². The van der Waals surface area contributed by atoms with Gasteiger partial charge in [-0.05, 0) is 24.7 Å². The van der Waals surface area contributed by atoms with Gasteiger partial charge in [-0.3, -0.25) is 9.59 Å². The molecule has 0 heterocycles. The average Bonchev–Trinajstić information content (AvgIpc) is 2.46. The van der Waals surface area contributed by atoms with Crippen LogP contribution in [0.15, 0.2) is 0 Å². The number of carbonyl (C=O) groups excluding carboxylic acids is 1. The van der Waals surface area contributed by atoms with Gasteiger partial charge in [0.2, 0.25) is 5.91 Å². The van der Waals surface area contributed by atoms with Crippen LogP contribution in [0, 0.1) is 11.8 Å². The molecule has 0 radical (unpaired) electrons. The second-order valence-corrected chi connectivity index (χ2v) is 4.35. The third-order valence-electron chi connectivity index (χ3n) is 3.41. The number of amides is 1. The Morgan fingerprint density at radius 2 is 2.07 bits per heavy atom. The molecule has 0 aromatic carbocycles. The highest BCUT2D eigenvalue weighted by Gasteiger charge is 2.32. The molecule has 86 valence electrons. The molecule has 1 fully saturated rings. The van der Waals surface area contributed by atoms with E-state index in [9.17, 15) is 9.59 Å². The second kappa shape index (κ2) is 5.14. The van der Waals surface area contributed by atoms with Gasteiger partial charge in [-0.1, -0.05) is 20.3 Å². The van der Waals surface area contributed by atoms with E-state index in [1.54, 1.807) is 0 Å². The highest BCUT2D eigenvalue weighted by molar-refractivity contribution is 5.93. The molecule has 4 heteroatoms. The van der Waals surface area contributed by atoms with E-state index >= 15 is 0 Å². The lowest BCUT2D eigenvalue weighted by atomic mass is 9.93. The summed E-state index contributed by atoms with van der Waals surface area (Å²) in [4.78, 5) is 21.6. The summed E-state index contributed by atoms with van der Waals surface area (Å²) in [5, 5.41) is 11.3. The number of nitrogens with one attached hydrogen (secondary N) is 1. The molecule has 0 aliphatic heterocycles. The molecule has 0 saturated heterocycles. The minimum Gasteiger partial charge on any atom is -0.481 e. The van der Waals surface area contributed by atoms with E-state index in [1.807, 2.05) is 0 Å². The van der Waals surface area contributed by atoms with Gasteiger partial charge in [-0.15, -0.1) is 0 Å². The van der Waals surface area contributed by atoms with Crippen molar-refractivity contribution in [1.29, 1.82) is 0 Å². The van der Waals surface area contributed by atoms with Crippen LogP contribution in [0.25, 0.3) is 0 Å². The first-order valence-corrected chi connectivity index (χ1v) is 5.55. The first-order chi connectivity index (χ1) is 7.04. The van der Waals surface area contributed by atoms with Crippen LogP contribution in [-0.4, -0.2) is 23.0 Å². The Bertz CT molecular complexity index is 252. The molecule has 15 heavy (non-hydrogen) atoms. The highest BCUT2D eigenvalue weighted by Crippen LogP contribution is 2.33. The van der Waals surface area contributed by atoms with Crippen LogP contribution in [-0.2, 0) is 9.59 Å². The highest BCUT2D eigenvalue weighted by atomic mass is 16.4. The molecule has 0 spiro atoms. The largest absolute Gasteiger partial charge is 0.481 e. The molecule has 4 nitrogen and oxygen atoms in total. The lowest BCUT2D eigenvalue weighted by molar-refractivity contribution is -0.140. The number of rotatable bonds is 4. The fourth-order valence-corrected chi connectivity index (χ4v) is 2.42. The zero-order chi connectivity index (χ0) is 11.4. The van der Waals surface area contributed by atoms with Gasteiger partial charge in [0.15, 0.2) is 0 Å². The number of carboxylic acids is 1. The Labute approximate surface area is 90.0 Å². The summed E-state index contributed by atoms with van der Waals surface area (Å²) in [6.07, 6.45) is 2.83. The predicted octanol–water partition coefficient (Wildman–Crippen LogP) is 1.40. The molecule has 1 aliphatic rings. The molecule has 0 aromatic rings. The maximum Gasteiger partial charge on any atom is 0.312 e. The molecule has 1 saturated carbocycles. The first-order valence-electron chi connectivity index (χ1n) is 5.55. The van der Waals surface area contributed by atoms with E-state index in [4.69, 9.17) is 5.11 Å². The molecule has 2 N–H and O–H groups in total. The maximum absolute atomic E-state index is 11.3. The molecule has 0 bridgehead atoms. The van der Waals surface area contributed by atoms with Gasteiger partial charge in [-0.25, -0.2) is 0 Å². The molecule has 0 aromatic heterocycles. The number of aliphatic carboxylic acids is 1. The Morgan fingerprint density at radius 3 is 2.53 bits per heavy atom. The normalized spacial score (nSPS) is 30.1. The minimum absolute atomic E-state index is 0.168. The molecule has 1 amide bonds. The van der Waals surface area contributed by atoms with Crippen molar-refractivity contribution in [2.24, 2.45) is 11.8 Å². The maximum atomic E-state index is 11.3. The number of hydrogen-bond donors (Lipinski definition) is 2. The summed E-state index contributed by atoms with van der Waals surface area (Å²) in [6, 6.07) is 0.168. The van der Waals surface area contributed by atoms with Crippen LogP contribution >= 0.6 is 0 Å². The van der Waals surface area contributed by atoms with Gasteiger partial charge in [0.25, 0.3) is 0 Å². The van der Waals surface area contributed by atoms with Crippen molar-refractivity contribution in [3.8, 4) is 0 Å². The van der Waals surface area contributed by atoms with E-state index in [0.29, 0.717) is 11.8 Å². The first kappa shape index (κ1) is 12.0. The quantitative estimate of drug-likeness (QED) is 0.694.